The predicted molar refractivity (Wildman–Crippen MR) is 123 cm³/mol. The Hall–Kier alpha value is -4.04. The summed E-state index contributed by atoms with van der Waals surface area (Å²) >= 11 is 6.12. The first-order valence-electron chi connectivity index (χ1n) is 10.0. The molecule has 0 fully saturated rings. The number of halogens is 1. The molecule has 8 nitrogen and oxygen atoms in total. The molecule has 1 aliphatic heterocycles. The summed E-state index contributed by atoms with van der Waals surface area (Å²) < 4.78 is 16.2. The zero-order valence-electron chi connectivity index (χ0n) is 17.4. The molecule has 2 amide bonds. The van der Waals surface area contributed by atoms with E-state index in [1.54, 1.807) is 42.5 Å². The summed E-state index contributed by atoms with van der Waals surface area (Å²) in [4.78, 5) is 24.1. The normalized spacial score (nSPS) is 11.9. The van der Waals surface area contributed by atoms with E-state index in [0.29, 0.717) is 34.4 Å². The Kier molecular flexibility index (Phi) is 7.06. The average Bonchev–Trinajstić information content (AvgIpc) is 3.31. The van der Waals surface area contributed by atoms with Crippen molar-refractivity contribution in [3.8, 4) is 17.2 Å². The number of carbonyl (C=O) groups is 2. The smallest absolute Gasteiger partial charge is 0.259 e. The van der Waals surface area contributed by atoms with Crippen molar-refractivity contribution in [1.82, 2.24) is 10.7 Å². The highest BCUT2D eigenvalue weighted by Gasteiger charge is 2.16. The second-order valence-corrected chi connectivity index (χ2v) is 7.40. The second-order valence-electron chi connectivity index (χ2n) is 6.99. The second kappa shape index (κ2) is 10.5. The molecule has 2 N–H and O–H groups in total. The van der Waals surface area contributed by atoms with E-state index in [1.165, 1.54) is 6.21 Å². The fraction of sp³-hybridized carbons (Fsp3) is 0.125. The lowest BCUT2D eigenvalue weighted by atomic mass is 10.2. The Morgan fingerprint density at radius 3 is 2.64 bits per heavy atom. The number of carbonyl (C=O) groups excluding carboxylic acids is 2. The molecular formula is C24H20ClN3O5. The van der Waals surface area contributed by atoms with Crippen molar-refractivity contribution in [2.24, 2.45) is 5.10 Å². The van der Waals surface area contributed by atoms with Crippen LogP contribution in [-0.4, -0.2) is 31.4 Å². The van der Waals surface area contributed by atoms with Gasteiger partial charge >= 0.3 is 0 Å². The van der Waals surface area contributed by atoms with Crippen LogP contribution in [0.1, 0.15) is 21.5 Å². The fourth-order valence-electron chi connectivity index (χ4n) is 2.95. The number of nitrogens with one attached hydrogen (secondary N) is 2. The van der Waals surface area contributed by atoms with Gasteiger partial charge in [-0.3, -0.25) is 9.59 Å². The summed E-state index contributed by atoms with van der Waals surface area (Å²) in [6.07, 6.45) is 1.50. The van der Waals surface area contributed by atoms with Gasteiger partial charge in [-0.05, 0) is 54.1 Å². The molecule has 0 radical (unpaired) electrons. The highest BCUT2D eigenvalue weighted by Crippen LogP contribution is 2.32. The van der Waals surface area contributed by atoms with Crippen LogP contribution < -0.4 is 25.0 Å². The zero-order chi connectivity index (χ0) is 23.0. The van der Waals surface area contributed by atoms with Crippen LogP contribution in [0.3, 0.4) is 0 Å². The van der Waals surface area contributed by atoms with Gasteiger partial charge < -0.3 is 19.5 Å². The van der Waals surface area contributed by atoms with Crippen LogP contribution in [-0.2, 0) is 11.4 Å². The van der Waals surface area contributed by atoms with Gasteiger partial charge in [-0.15, -0.1) is 0 Å². The number of benzene rings is 3. The number of nitrogens with zero attached hydrogens (tertiary/aromatic N) is 1. The van der Waals surface area contributed by atoms with Gasteiger partial charge in [0.05, 0.1) is 12.8 Å². The minimum atomic E-state index is -0.458. The lowest BCUT2D eigenvalue weighted by molar-refractivity contribution is -0.120. The van der Waals surface area contributed by atoms with Gasteiger partial charge in [0, 0.05) is 16.1 Å². The standard InChI is InChI=1S/C24H20ClN3O5/c25-20-4-2-1-3-18(20)14-31-19-8-5-16(6-9-19)12-27-28-23(29)13-26-24(30)17-7-10-21-22(11-17)33-15-32-21/h1-12H,13-15H2,(H,26,30)(H,28,29)/b27-12+. The van der Waals surface area contributed by atoms with Gasteiger partial charge in [-0.25, -0.2) is 5.43 Å². The van der Waals surface area contributed by atoms with Crippen molar-refractivity contribution in [3.05, 3.63) is 88.4 Å². The lowest BCUT2D eigenvalue weighted by Crippen LogP contribution is -2.34. The molecule has 1 aliphatic rings. The van der Waals surface area contributed by atoms with Crippen molar-refractivity contribution in [2.75, 3.05) is 13.3 Å². The predicted octanol–water partition coefficient (Wildman–Crippen LogP) is 3.53. The van der Waals surface area contributed by atoms with Crippen LogP contribution in [0, 0.1) is 0 Å². The van der Waals surface area contributed by atoms with Gasteiger partial charge in [0.2, 0.25) is 6.79 Å². The van der Waals surface area contributed by atoms with Crippen molar-refractivity contribution >= 4 is 29.6 Å². The Balaban J connectivity index is 1.20. The summed E-state index contributed by atoms with van der Waals surface area (Å²) in [5, 5.41) is 7.09. The molecule has 0 aliphatic carbocycles. The Morgan fingerprint density at radius 2 is 1.82 bits per heavy atom. The van der Waals surface area contributed by atoms with Crippen molar-refractivity contribution in [1.29, 1.82) is 0 Å². The van der Waals surface area contributed by atoms with Crippen molar-refractivity contribution < 1.29 is 23.8 Å². The molecule has 0 bridgehead atoms. The molecule has 0 spiro atoms. The first-order chi connectivity index (χ1) is 16.1. The van der Waals surface area contributed by atoms with Crippen molar-refractivity contribution in [3.63, 3.8) is 0 Å². The lowest BCUT2D eigenvalue weighted by Gasteiger charge is -2.07. The van der Waals surface area contributed by atoms with Gasteiger partial charge in [-0.1, -0.05) is 29.8 Å². The first kappa shape index (κ1) is 22.2. The molecule has 0 aromatic heterocycles. The number of hydrogen-bond donors (Lipinski definition) is 2. The average molecular weight is 466 g/mol. The third-order valence-electron chi connectivity index (χ3n) is 4.68. The van der Waals surface area contributed by atoms with Crippen molar-refractivity contribution in [2.45, 2.75) is 6.61 Å². The molecule has 3 aromatic rings. The van der Waals surface area contributed by atoms with Crippen LogP contribution in [0.2, 0.25) is 5.02 Å². The van der Waals surface area contributed by atoms with E-state index in [0.717, 1.165) is 11.1 Å². The Morgan fingerprint density at radius 1 is 1.03 bits per heavy atom. The highest BCUT2D eigenvalue weighted by atomic mass is 35.5. The molecule has 0 saturated carbocycles. The minimum absolute atomic E-state index is 0.124. The fourth-order valence-corrected chi connectivity index (χ4v) is 3.14. The van der Waals surface area contributed by atoms with Crippen LogP contribution in [0.4, 0.5) is 0 Å². The third-order valence-corrected chi connectivity index (χ3v) is 5.05. The molecule has 1 heterocycles. The molecular weight excluding hydrogens is 446 g/mol. The molecule has 33 heavy (non-hydrogen) atoms. The van der Waals surface area contributed by atoms with Gasteiger partial charge in [0.25, 0.3) is 11.8 Å². The monoisotopic (exact) mass is 465 g/mol. The maximum atomic E-state index is 12.2. The third kappa shape index (κ3) is 6.02. The Bertz CT molecular complexity index is 1180. The number of hydrogen-bond acceptors (Lipinski definition) is 6. The topological polar surface area (TPSA) is 98.3 Å². The molecule has 0 unspecified atom stereocenters. The van der Waals surface area contributed by atoms with Crippen LogP contribution in [0.15, 0.2) is 71.8 Å². The minimum Gasteiger partial charge on any atom is -0.489 e. The first-order valence-corrected chi connectivity index (χ1v) is 10.4. The molecule has 168 valence electrons. The molecule has 4 rings (SSSR count). The summed E-state index contributed by atoms with van der Waals surface area (Å²) in [6.45, 7) is 0.264. The number of amides is 2. The van der Waals surface area contributed by atoms with E-state index in [4.69, 9.17) is 25.8 Å². The van der Waals surface area contributed by atoms with E-state index >= 15 is 0 Å². The van der Waals surface area contributed by atoms with E-state index < -0.39 is 11.8 Å². The molecule has 9 heteroatoms. The number of ether oxygens (including phenoxy) is 3. The van der Waals surface area contributed by atoms with Gasteiger partial charge in [0.1, 0.15) is 12.4 Å². The van der Waals surface area contributed by atoms with E-state index in [9.17, 15) is 9.59 Å². The van der Waals surface area contributed by atoms with Gasteiger partial charge in [0.15, 0.2) is 11.5 Å². The van der Waals surface area contributed by atoms with Crippen LogP contribution in [0.5, 0.6) is 17.2 Å². The highest BCUT2D eigenvalue weighted by molar-refractivity contribution is 6.31. The maximum Gasteiger partial charge on any atom is 0.259 e. The van der Waals surface area contributed by atoms with E-state index in [1.807, 2.05) is 24.3 Å². The summed E-state index contributed by atoms with van der Waals surface area (Å²) in [5.74, 6) is 0.901. The van der Waals surface area contributed by atoms with Crippen LogP contribution >= 0.6 is 11.6 Å². The van der Waals surface area contributed by atoms with Gasteiger partial charge in [-0.2, -0.15) is 5.10 Å². The SMILES string of the molecule is O=C(CNC(=O)c1ccc2c(c1)OCO2)N/N=C/c1ccc(OCc2ccccc2Cl)cc1. The van der Waals surface area contributed by atoms with E-state index in [2.05, 4.69) is 15.8 Å². The molecule has 0 saturated heterocycles. The number of rotatable bonds is 8. The zero-order valence-corrected chi connectivity index (χ0v) is 18.2. The Labute approximate surface area is 195 Å². The number of fused-ring (bicyclic) bond motifs is 1. The molecule has 3 aromatic carbocycles. The summed E-state index contributed by atoms with van der Waals surface area (Å²) in [6, 6.07) is 19.5. The quantitative estimate of drug-likeness (QED) is 0.392. The molecule has 0 atom stereocenters. The number of hydrazone groups is 1. The summed E-state index contributed by atoms with van der Waals surface area (Å²) in [7, 11) is 0. The maximum absolute atomic E-state index is 12.2. The van der Waals surface area contributed by atoms with E-state index in [-0.39, 0.29) is 13.3 Å². The van der Waals surface area contributed by atoms with Crippen LogP contribution in [0.25, 0.3) is 0 Å². The largest absolute Gasteiger partial charge is 0.489 e. The summed E-state index contributed by atoms with van der Waals surface area (Å²) in [5.41, 5.74) is 4.41.